The summed E-state index contributed by atoms with van der Waals surface area (Å²) < 4.78 is 32.3. The van der Waals surface area contributed by atoms with Crippen molar-refractivity contribution in [2.24, 2.45) is 11.3 Å². The summed E-state index contributed by atoms with van der Waals surface area (Å²) in [7, 11) is 0. The van der Waals surface area contributed by atoms with Gasteiger partial charge < -0.3 is 4.74 Å². The predicted octanol–water partition coefficient (Wildman–Crippen LogP) is 5.46. The number of hydrogen-bond acceptors (Lipinski definition) is 1. The molecule has 0 rings (SSSR count). The van der Waals surface area contributed by atoms with Crippen molar-refractivity contribution in [2.45, 2.75) is 72.8 Å². The molecule has 0 aliphatic rings. The summed E-state index contributed by atoms with van der Waals surface area (Å²) in [6, 6.07) is 0. The van der Waals surface area contributed by atoms with E-state index in [2.05, 4.69) is 20.8 Å². The van der Waals surface area contributed by atoms with Crippen LogP contribution < -0.4 is 0 Å². The molecular formula is C16H30F2O. The maximum absolute atomic E-state index is 13.3. The van der Waals surface area contributed by atoms with E-state index in [1.54, 1.807) is 0 Å². The third-order valence-corrected chi connectivity index (χ3v) is 3.16. The number of halogens is 2. The van der Waals surface area contributed by atoms with Gasteiger partial charge in [-0.05, 0) is 38.2 Å². The Kier molecular flexibility index (Phi) is 6.67. The zero-order chi connectivity index (χ0) is 15.3. The van der Waals surface area contributed by atoms with Gasteiger partial charge in [0.15, 0.2) is 0 Å². The summed E-state index contributed by atoms with van der Waals surface area (Å²) in [4.78, 5) is 0. The Hall–Kier alpha value is -0.440. The van der Waals surface area contributed by atoms with Crippen molar-refractivity contribution in [2.75, 3.05) is 6.61 Å². The summed E-state index contributed by atoms with van der Waals surface area (Å²) in [6.45, 7) is 13.8. The van der Waals surface area contributed by atoms with Crippen LogP contribution in [0, 0.1) is 11.3 Å². The highest BCUT2D eigenvalue weighted by atomic mass is 19.3. The largest absolute Gasteiger partial charge is 0.372 e. The molecule has 1 nitrogen and oxygen atoms in total. The molecule has 0 aliphatic heterocycles. The van der Waals surface area contributed by atoms with E-state index in [-0.39, 0.29) is 17.6 Å². The second kappa shape index (κ2) is 6.83. The number of alkyl halides is 2. The molecule has 3 heteroatoms. The second-order valence-electron chi connectivity index (χ2n) is 7.36. The SMILES string of the molecule is CC(C)C(F)(F)/C=C/COC(C)(C)CCC(C)(C)C. The molecule has 0 amide bonds. The number of rotatable bonds is 7. The van der Waals surface area contributed by atoms with Crippen molar-refractivity contribution in [3.8, 4) is 0 Å². The number of ether oxygens (including phenoxy) is 1. The molecule has 0 N–H and O–H groups in total. The molecule has 114 valence electrons. The van der Waals surface area contributed by atoms with Gasteiger partial charge in [0, 0.05) is 5.92 Å². The maximum atomic E-state index is 13.3. The molecule has 0 spiro atoms. The van der Waals surface area contributed by atoms with Crippen LogP contribution in [0.3, 0.4) is 0 Å². The van der Waals surface area contributed by atoms with E-state index in [1.807, 2.05) is 13.8 Å². The van der Waals surface area contributed by atoms with Crippen LogP contribution in [0.25, 0.3) is 0 Å². The topological polar surface area (TPSA) is 9.23 Å². The normalized spacial score (nSPS) is 14.6. The van der Waals surface area contributed by atoms with Gasteiger partial charge in [-0.2, -0.15) is 0 Å². The zero-order valence-electron chi connectivity index (χ0n) is 13.5. The van der Waals surface area contributed by atoms with Gasteiger partial charge in [0.2, 0.25) is 0 Å². The van der Waals surface area contributed by atoms with Gasteiger partial charge in [0.25, 0.3) is 5.92 Å². The van der Waals surface area contributed by atoms with Gasteiger partial charge in [-0.15, -0.1) is 0 Å². The molecule has 0 fully saturated rings. The molecule has 0 aromatic heterocycles. The highest BCUT2D eigenvalue weighted by Crippen LogP contribution is 2.28. The summed E-state index contributed by atoms with van der Waals surface area (Å²) in [5, 5.41) is 0. The molecule has 0 aliphatic carbocycles. The third kappa shape index (κ3) is 9.15. The fourth-order valence-corrected chi connectivity index (χ4v) is 1.42. The molecule has 0 aromatic rings. The Morgan fingerprint density at radius 3 is 1.95 bits per heavy atom. The highest BCUT2D eigenvalue weighted by Gasteiger charge is 2.29. The molecule has 0 aromatic carbocycles. The van der Waals surface area contributed by atoms with Crippen molar-refractivity contribution in [1.82, 2.24) is 0 Å². The molecule has 0 saturated carbocycles. The van der Waals surface area contributed by atoms with Gasteiger partial charge in [-0.1, -0.05) is 40.7 Å². The summed E-state index contributed by atoms with van der Waals surface area (Å²) in [5.74, 6) is -3.43. The Labute approximate surface area is 117 Å². The maximum Gasteiger partial charge on any atom is 0.268 e. The zero-order valence-corrected chi connectivity index (χ0v) is 13.5. The number of allylic oxidation sites excluding steroid dienone is 1. The fraction of sp³-hybridized carbons (Fsp3) is 0.875. The van der Waals surface area contributed by atoms with E-state index in [0.29, 0.717) is 0 Å². The third-order valence-electron chi connectivity index (χ3n) is 3.16. The molecule has 0 radical (unpaired) electrons. The van der Waals surface area contributed by atoms with Crippen molar-refractivity contribution in [3.05, 3.63) is 12.2 Å². The van der Waals surface area contributed by atoms with Crippen LogP contribution in [0.2, 0.25) is 0 Å². The minimum absolute atomic E-state index is 0.236. The average Bonchev–Trinajstić information content (AvgIpc) is 2.21. The van der Waals surface area contributed by atoms with Crippen LogP contribution in [-0.4, -0.2) is 18.1 Å². The lowest BCUT2D eigenvalue weighted by Crippen LogP contribution is -2.27. The molecule has 0 saturated heterocycles. The average molecular weight is 276 g/mol. The van der Waals surface area contributed by atoms with E-state index < -0.39 is 11.8 Å². The molecular weight excluding hydrogens is 246 g/mol. The lowest BCUT2D eigenvalue weighted by molar-refractivity contribution is -0.0182. The Balaban J connectivity index is 4.15. The Bertz CT molecular complexity index is 286. The molecule has 0 unspecified atom stereocenters. The van der Waals surface area contributed by atoms with Crippen molar-refractivity contribution < 1.29 is 13.5 Å². The second-order valence-corrected chi connectivity index (χ2v) is 7.36. The van der Waals surface area contributed by atoms with E-state index in [0.717, 1.165) is 18.9 Å². The van der Waals surface area contributed by atoms with Crippen molar-refractivity contribution in [3.63, 3.8) is 0 Å². The molecule has 0 atom stereocenters. The van der Waals surface area contributed by atoms with Gasteiger partial charge in [-0.25, -0.2) is 8.78 Å². The molecule has 0 bridgehead atoms. The first-order valence-electron chi connectivity index (χ1n) is 7.05. The first kappa shape index (κ1) is 18.6. The molecule has 0 heterocycles. The smallest absolute Gasteiger partial charge is 0.268 e. The Morgan fingerprint density at radius 1 is 1.00 bits per heavy atom. The van der Waals surface area contributed by atoms with Gasteiger partial charge in [0.05, 0.1) is 12.2 Å². The van der Waals surface area contributed by atoms with E-state index in [1.165, 1.54) is 19.9 Å². The minimum Gasteiger partial charge on any atom is -0.372 e. The number of hydrogen-bond donors (Lipinski definition) is 0. The highest BCUT2D eigenvalue weighted by molar-refractivity contribution is 4.96. The summed E-state index contributed by atoms with van der Waals surface area (Å²) >= 11 is 0. The first-order chi connectivity index (χ1) is 8.36. The van der Waals surface area contributed by atoms with Crippen LogP contribution >= 0.6 is 0 Å². The lowest BCUT2D eigenvalue weighted by Gasteiger charge is -2.29. The first-order valence-corrected chi connectivity index (χ1v) is 7.05. The predicted molar refractivity (Wildman–Crippen MR) is 77.6 cm³/mol. The minimum atomic E-state index is -2.75. The van der Waals surface area contributed by atoms with Gasteiger partial charge in [0.1, 0.15) is 0 Å². The van der Waals surface area contributed by atoms with Crippen molar-refractivity contribution >= 4 is 0 Å². The van der Waals surface area contributed by atoms with Crippen LogP contribution in [0.5, 0.6) is 0 Å². The van der Waals surface area contributed by atoms with E-state index >= 15 is 0 Å². The van der Waals surface area contributed by atoms with E-state index in [9.17, 15) is 8.78 Å². The van der Waals surface area contributed by atoms with Crippen LogP contribution in [0.15, 0.2) is 12.2 Å². The lowest BCUT2D eigenvalue weighted by atomic mass is 9.86. The van der Waals surface area contributed by atoms with Crippen molar-refractivity contribution in [1.29, 1.82) is 0 Å². The fourth-order valence-electron chi connectivity index (χ4n) is 1.42. The monoisotopic (exact) mass is 276 g/mol. The Morgan fingerprint density at radius 2 is 1.53 bits per heavy atom. The summed E-state index contributed by atoms with van der Waals surface area (Å²) in [5.41, 5.74) is -0.00806. The standard InChI is InChI=1S/C16H30F2O/c1-13(2)16(17,18)9-8-12-19-15(6,7)11-10-14(3,4)5/h8-9,13H,10-12H2,1-7H3/b9-8+. The van der Waals surface area contributed by atoms with Gasteiger partial charge in [-0.3, -0.25) is 0 Å². The van der Waals surface area contributed by atoms with Crippen LogP contribution in [0.4, 0.5) is 8.78 Å². The molecule has 19 heavy (non-hydrogen) atoms. The van der Waals surface area contributed by atoms with Crippen LogP contribution in [-0.2, 0) is 4.74 Å². The van der Waals surface area contributed by atoms with E-state index in [4.69, 9.17) is 4.74 Å². The quantitative estimate of drug-likeness (QED) is 0.561. The summed E-state index contributed by atoms with van der Waals surface area (Å²) in [6.07, 6.45) is 4.35. The van der Waals surface area contributed by atoms with Crippen LogP contribution in [0.1, 0.15) is 61.3 Å². The van der Waals surface area contributed by atoms with Gasteiger partial charge >= 0.3 is 0 Å².